The number of primary amides is 1. The highest BCUT2D eigenvalue weighted by atomic mass is 32.2. The van der Waals surface area contributed by atoms with Crippen LogP contribution in [0.4, 0.5) is 0 Å². The van der Waals surface area contributed by atoms with Gasteiger partial charge in [-0.05, 0) is 32.7 Å². The van der Waals surface area contributed by atoms with Crippen LogP contribution in [0.3, 0.4) is 0 Å². The summed E-state index contributed by atoms with van der Waals surface area (Å²) in [5.74, 6) is -1.21. The third-order valence-corrected chi connectivity index (χ3v) is 2.91. The minimum Gasteiger partial charge on any atom is -0.364 e. The number of nitrogens with one attached hydrogen (secondary N) is 1. The molecule has 7 heteroatoms. The normalized spacial score (nSPS) is 23.4. The number of hydrogen-bond donors (Lipinski definition) is 2. The number of rotatable bonds is 3. The molecule has 0 aliphatic rings. The lowest BCUT2D eigenvalue weighted by molar-refractivity contribution is 0.0994. The molecule has 0 atom stereocenters. The fourth-order valence-corrected chi connectivity index (χ4v) is 2.13. The zero-order valence-corrected chi connectivity index (χ0v) is 8.71. The molecule has 1 amide bonds. The second kappa shape index (κ2) is 3.91. The Bertz CT molecular complexity index is 724. The predicted octanol–water partition coefficient (Wildman–Crippen LogP) is 0.0680. The van der Waals surface area contributed by atoms with Crippen molar-refractivity contribution in [3.63, 3.8) is 0 Å². The van der Waals surface area contributed by atoms with E-state index < -0.39 is 47.9 Å². The average Bonchev–Trinajstić information content (AvgIpc) is 2.81. The minimum atomic E-state index is -5.11. The second-order valence-electron chi connectivity index (χ2n) is 2.91. The molecule has 0 unspecified atom stereocenters. The van der Waals surface area contributed by atoms with Crippen LogP contribution in [0.2, 0.25) is 0 Å². The molecule has 1 aromatic heterocycles. The van der Waals surface area contributed by atoms with Crippen LogP contribution in [0.25, 0.3) is 0 Å². The molecule has 90 valence electrons. The molecule has 3 N–H and O–H groups in total. The fraction of sp³-hybridized carbons (Fsp3) is 0.444. The smallest absolute Gasteiger partial charge is 0.306 e. The van der Waals surface area contributed by atoms with Gasteiger partial charge in [0.15, 0.2) is 0 Å². The summed E-state index contributed by atoms with van der Waals surface area (Å²) in [6.45, 7) is -11.3. The Labute approximate surface area is 107 Å². The first-order valence-electron chi connectivity index (χ1n) is 8.40. The lowest BCUT2D eigenvalue weighted by Crippen LogP contribution is -2.44. The van der Waals surface area contributed by atoms with E-state index in [0.29, 0.717) is 0 Å². The number of nitrogens with two attached hydrogens (primary N) is 1. The number of amides is 1. The van der Waals surface area contributed by atoms with Crippen molar-refractivity contribution in [1.82, 2.24) is 8.69 Å². The van der Waals surface area contributed by atoms with Crippen molar-refractivity contribution in [3.05, 3.63) is 24.0 Å². The van der Waals surface area contributed by atoms with Crippen molar-refractivity contribution in [1.29, 1.82) is 0 Å². The topological polar surface area (TPSA) is 94.2 Å². The van der Waals surface area contributed by atoms with Gasteiger partial charge in [0.05, 0.1) is 0 Å². The summed E-state index contributed by atoms with van der Waals surface area (Å²) >= 11 is 0. The molecule has 1 aromatic rings. The van der Waals surface area contributed by atoms with Crippen LogP contribution < -0.4 is 10.5 Å². The van der Waals surface area contributed by atoms with E-state index in [1.54, 1.807) is 0 Å². The number of hydrogen-bond acceptors (Lipinski definition) is 3. The predicted molar refractivity (Wildman–Crippen MR) is 60.2 cm³/mol. The Balaban J connectivity index is 3.71. The van der Waals surface area contributed by atoms with Crippen LogP contribution in [-0.4, -0.2) is 23.8 Å². The third-order valence-electron chi connectivity index (χ3n) is 1.51. The number of carbonyl (C=O) groups is 1. The summed E-state index contributed by atoms with van der Waals surface area (Å²) < 4.78 is 92.8. The number of aromatic nitrogens is 1. The summed E-state index contributed by atoms with van der Waals surface area (Å²) in [5.41, 5.74) is 0.555. The minimum absolute atomic E-state index is 0.174. The van der Waals surface area contributed by atoms with E-state index in [-0.39, 0.29) is 3.97 Å². The van der Waals surface area contributed by atoms with Crippen LogP contribution in [0, 0.1) is 0 Å². The maximum Gasteiger partial charge on any atom is 0.306 e. The van der Waals surface area contributed by atoms with E-state index in [4.69, 9.17) is 18.1 Å². The summed E-state index contributed by atoms with van der Waals surface area (Å²) in [6.07, 6.45) is 0.783. The van der Waals surface area contributed by atoms with Gasteiger partial charge < -0.3 is 5.73 Å². The van der Waals surface area contributed by atoms with E-state index in [1.807, 2.05) is 0 Å². The van der Waals surface area contributed by atoms with Crippen LogP contribution in [0.15, 0.2) is 18.3 Å². The van der Waals surface area contributed by atoms with Gasteiger partial charge in [-0.25, -0.2) is 3.97 Å². The number of carbonyl (C=O) groups excluding carboxylic acids is 1. The third kappa shape index (κ3) is 2.83. The van der Waals surface area contributed by atoms with Crippen LogP contribution in [0.5, 0.6) is 0 Å². The molecule has 0 spiro atoms. The van der Waals surface area contributed by atoms with Gasteiger partial charge in [-0.1, -0.05) is 0 Å². The molecule has 0 radical (unpaired) electrons. The highest BCUT2D eigenvalue weighted by Crippen LogP contribution is 2.09. The Morgan fingerprint density at radius 2 is 2.19 bits per heavy atom. The molecule has 0 saturated carbocycles. The summed E-state index contributed by atoms with van der Waals surface area (Å²) in [5, 5.41) is 0. The van der Waals surface area contributed by atoms with Gasteiger partial charge in [-0.3, -0.25) is 4.79 Å². The standard InChI is InChI=1S/C9H15N3O3S/c1-9(2,3)11-16(14,15)12-6-4-5-7(12)8(10)13/h4-6,11H,1-3H3,(H2,10,13)/i1D3,2D3,3D3. The van der Waals surface area contributed by atoms with Crippen molar-refractivity contribution >= 4 is 16.1 Å². The average molecular weight is 254 g/mol. The van der Waals surface area contributed by atoms with Gasteiger partial charge in [0.2, 0.25) is 0 Å². The Hall–Kier alpha value is -1.34. The van der Waals surface area contributed by atoms with E-state index in [2.05, 4.69) is 0 Å². The zero-order valence-electron chi connectivity index (χ0n) is 16.9. The lowest BCUT2D eigenvalue weighted by atomic mass is 10.1. The fourth-order valence-electron chi connectivity index (χ4n) is 1.01. The van der Waals surface area contributed by atoms with E-state index in [9.17, 15) is 13.2 Å². The van der Waals surface area contributed by atoms with Crippen LogP contribution >= 0.6 is 0 Å². The summed E-state index contributed by atoms with van der Waals surface area (Å²) in [7, 11) is -5.11. The van der Waals surface area contributed by atoms with Crippen molar-refractivity contribution in [2.45, 2.75) is 26.1 Å². The Kier molecular flexibility index (Phi) is 1.19. The largest absolute Gasteiger partial charge is 0.364 e. The molecular formula is C9H15N3O3S. The number of nitrogens with zero attached hydrogens (tertiary/aromatic N) is 1. The van der Waals surface area contributed by atoms with E-state index in [0.717, 1.165) is 18.3 Å². The molecule has 0 aliphatic carbocycles. The molecule has 0 saturated heterocycles. The maximum atomic E-state index is 12.5. The monoisotopic (exact) mass is 254 g/mol. The SMILES string of the molecule is [2H]C([2H])([2H])C(NS(=O)(=O)n1cccc1C(N)=O)(C([2H])([2H])[2H])C([2H])([2H])[2H]. The molecule has 1 rings (SSSR count). The lowest BCUT2D eigenvalue weighted by Gasteiger charge is -2.21. The molecule has 0 bridgehead atoms. The molecule has 0 fully saturated rings. The van der Waals surface area contributed by atoms with Crippen molar-refractivity contribution < 1.29 is 25.5 Å². The van der Waals surface area contributed by atoms with Crippen molar-refractivity contribution in [3.8, 4) is 0 Å². The molecule has 0 aliphatic heterocycles. The van der Waals surface area contributed by atoms with Gasteiger partial charge in [-0.15, -0.1) is 0 Å². The van der Waals surface area contributed by atoms with Crippen LogP contribution in [-0.2, 0) is 10.2 Å². The first-order valence-corrected chi connectivity index (χ1v) is 5.34. The zero-order chi connectivity index (χ0) is 20.1. The molecule has 1 heterocycles. The first-order chi connectivity index (χ1) is 10.9. The highest BCUT2D eigenvalue weighted by Gasteiger charge is 2.24. The Morgan fingerprint density at radius 3 is 2.69 bits per heavy atom. The maximum absolute atomic E-state index is 12.5. The highest BCUT2D eigenvalue weighted by molar-refractivity contribution is 7.88. The summed E-state index contributed by atoms with van der Waals surface area (Å²) in [6, 6.07) is 2.05. The van der Waals surface area contributed by atoms with Crippen molar-refractivity contribution in [2.24, 2.45) is 5.73 Å². The first kappa shape index (κ1) is 4.89. The summed E-state index contributed by atoms with van der Waals surface area (Å²) in [4.78, 5) is 11.3. The quantitative estimate of drug-likeness (QED) is 0.799. The Morgan fingerprint density at radius 1 is 1.56 bits per heavy atom. The van der Waals surface area contributed by atoms with Gasteiger partial charge in [0.1, 0.15) is 5.69 Å². The van der Waals surface area contributed by atoms with Gasteiger partial charge in [-0.2, -0.15) is 13.1 Å². The molecule has 0 aromatic carbocycles. The second-order valence-corrected chi connectivity index (χ2v) is 4.46. The molecular weight excluding hydrogens is 230 g/mol. The molecule has 6 nitrogen and oxygen atoms in total. The van der Waals surface area contributed by atoms with Gasteiger partial charge in [0.25, 0.3) is 5.91 Å². The van der Waals surface area contributed by atoms with Crippen LogP contribution in [0.1, 0.15) is 43.4 Å². The van der Waals surface area contributed by atoms with Gasteiger partial charge in [0, 0.05) is 24.1 Å². The van der Waals surface area contributed by atoms with E-state index >= 15 is 0 Å². The van der Waals surface area contributed by atoms with Crippen molar-refractivity contribution in [2.75, 3.05) is 0 Å². The molecule has 16 heavy (non-hydrogen) atoms. The van der Waals surface area contributed by atoms with Gasteiger partial charge >= 0.3 is 10.2 Å². The van der Waals surface area contributed by atoms with E-state index in [1.165, 1.54) is 4.72 Å².